The van der Waals surface area contributed by atoms with Crippen molar-refractivity contribution in [2.75, 3.05) is 6.61 Å². The van der Waals surface area contributed by atoms with Crippen molar-refractivity contribution in [1.82, 2.24) is 9.13 Å². The molecule has 1 heterocycles. The number of rotatable bonds is 6. The molecule has 4 nitrogen and oxygen atoms in total. The normalized spacial score (nSPS) is 10.7. The monoisotopic (exact) mass is 514 g/mol. The summed E-state index contributed by atoms with van der Waals surface area (Å²) in [5, 5.41) is 8.74. The molecule has 0 aliphatic rings. The van der Waals surface area contributed by atoms with E-state index in [4.69, 9.17) is 10.1 Å². The first kappa shape index (κ1) is 21.4. The smallest absolute Gasteiger partial charge is 0.203 e. The highest BCUT2D eigenvalue weighted by Gasteiger charge is 2.11. The van der Waals surface area contributed by atoms with Crippen molar-refractivity contribution in [3.8, 4) is 5.75 Å². The Bertz CT molecular complexity index is 1150. The van der Waals surface area contributed by atoms with E-state index in [-0.39, 0.29) is 17.0 Å². The van der Waals surface area contributed by atoms with Crippen LogP contribution in [0.25, 0.3) is 11.0 Å². The lowest BCUT2D eigenvalue weighted by Gasteiger charge is -2.08. The number of hydrogen-bond acceptors (Lipinski definition) is 2. The molecule has 0 unspecified atom stereocenters. The van der Waals surface area contributed by atoms with Gasteiger partial charge in [-0.05, 0) is 48.9 Å². The summed E-state index contributed by atoms with van der Waals surface area (Å²) in [6.45, 7) is 3.87. The molecule has 29 heavy (non-hydrogen) atoms. The second-order valence-electron chi connectivity index (χ2n) is 6.84. The lowest BCUT2D eigenvalue weighted by molar-refractivity contribution is -0.00000624. The number of halogens is 2. The van der Waals surface area contributed by atoms with Gasteiger partial charge in [0.25, 0.3) is 0 Å². The van der Waals surface area contributed by atoms with Crippen molar-refractivity contribution in [3.05, 3.63) is 94.0 Å². The first-order valence-electron chi connectivity index (χ1n) is 9.28. The number of benzene rings is 3. The van der Waals surface area contributed by atoms with Gasteiger partial charge < -0.3 is 30.9 Å². The molecular formula is C23H22Br2N3O-. The second kappa shape index (κ2) is 9.46. The van der Waals surface area contributed by atoms with Gasteiger partial charge in [0.15, 0.2) is 0 Å². The summed E-state index contributed by atoms with van der Waals surface area (Å²) in [6, 6.07) is 24.5. The number of aromatic nitrogens is 2. The van der Waals surface area contributed by atoms with Crippen LogP contribution in [0, 0.1) is 12.3 Å². The Balaban J connectivity index is 0.00000240. The summed E-state index contributed by atoms with van der Waals surface area (Å²) >= 11 is 3.48. The van der Waals surface area contributed by atoms with Gasteiger partial charge in [0.05, 0.1) is 24.1 Å². The van der Waals surface area contributed by atoms with Gasteiger partial charge in [0.1, 0.15) is 12.4 Å². The van der Waals surface area contributed by atoms with Crippen molar-refractivity contribution < 1.29 is 21.7 Å². The van der Waals surface area contributed by atoms with Crippen molar-refractivity contribution in [2.24, 2.45) is 0 Å². The van der Waals surface area contributed by atoms with E-state index in [0.717, 1.165) is 21.3 Å². The van der Waals surface area contributed by atoms with Crippen LogP contribution in [0.4, 0.5) is 0 Å². The van der Waals surface area contributed by atoms with E-state index in [1.54, 1.807) is 0 Å². The Labute approximate surface area is 189 Å². The van der Waals surface area contributed by atoms with Gasteiger partial charge in [-0.3, -0.25) is 5.41 Å². The van der Waals surface area contributed by atoms with Gasteiger partial charge in [0.2, 0.25) is 5.62 Å². The van der Waals surface area contributed by atoms with Crippen molar-refractivity contribution in [2.45, 2.75) is 20.0 Å². The number of nitrogens with one attached hydrogen (secondary N) is 1. The van der Waals surface area contributed by atoms with Crippen LogP contribution in [0.15, 0.2) is 77.3 Å². The third kappa shape index (κ3) is 4.82. The van der Waals surface area contributed by atoms with E-state index in [2.05, 4.69) is 47.1 Å². The van der Waals surface area contributed by atoms with Crippen molar-refractivity contribution in [3.63, 3.8) is 0 Å². The molecular weight excluding hydrogens is 494 g/mol. The van der Waals surface area contributed by atoms with Gasteiger partial charge in [-0.25, -0.2) is 0 Å². The van der Waals surface area contributed by atoms with Crippen molar-refractivity contribution in [1.29, 1.82) is 5.41 Å². The molecule has 0 aliphatic carbocycles. The summed E-state index contributed by atoms with van der Waals surface area (Å²) in [5.41, 5.74) is 4.98. The average Bonchev–Trinajstić information content (AvgIpc) is 2.97. The number of nitrogens with zero attached hydrogens (tertiary/aromatic N) is 2. The lowest BCUT2D eigenvalue weighted by Crippen LogP contribution is -3.00. The standard InChI is InChI=1S/C23H22BrN3O.BrH/c1-17-6-12-20(13-7-17)28-15-14-26-21-4-2-3-5-22(21)27(23(26)25)16-18-8-10-19(24)11-9-18;/h2-13,25H,14-16H2,1H3;1H/p-1. The second-order valence-corrected chi connectivity index (χ2v) is 7.75. The Morgan fingerprint density at radius 3 is 2.14 bits per heavy atom. The highest BCUT2D eigenvalue weighted by molar-refractivity contribution is 9.10. The summed E-state index contributed by atoms with van der Waals surface area (Å²) in [4.78, 5) is 0. The molecule has 150 valence electrons. The zero-order chi connectivity index (χ0) is 19.5. The highest BCUT2D eigenvalue weighted by Crippen LogP contribution is 2.17. The zero-order valence-corrected chi connectivity index (χ0v) is 19.3. The van der Waals surface area contributed by atoms with Crippen LogP contribution in [0.5, 0.6) is 5.75 Å². The number of aryl methyl sites for hydroxylation is 1. The van der Waals surface area contributed by atoms with E-state index < -0.39 is 0 Å². The first-order valence-corrected chi connectivity index (χ1v) is 10.1. The van der Waals surface area contributed by atoms with E-state index in [0.29, 0.717) is 25.3 Å². The highest BCUT2D eigenvalue weighted by atomic mass is 79.9. The van der Waals surface area contributed by atoms with Crippen LogP contribution in [-0.4, -0.2) is 15.7 Å². The van der Waals surface area contributed by atoms with Gasteiger partial charge in [-0.1, -0.05) is 57.9 Å². The van der Waals surface area contributed by atoms with Gasteiger partial charge >= 0.3 is 0 Å². The minimum atomic E-state index is 0. The van der Waals surface area contributed by atoms with E-state index >= 15 is 0 Å². The molecule has 4 aromatic rings. The first-order chi connectivity index (χ1) is 13.6. The maximum absolute atomic E-state index is 8.74. The average molecular weight is 516 g/mol. The maximum atomic E-state index is 8.74. The minimum absolute atomic E-state index is 0. The summed E-state index contributed by atoms with van der Waals surface area (Å²) in [5.74, 6) is 0.858. The molecule has 0 bridgehead atoms. The van der Waals surface area contributed by atoms with Gasteiger partial charge in [-0.15, -0.1) is 0 Å². The van der Waals surface area contributed by atoms with Gasteiger partial charge in [-0.2, -0.15) is 0 Å². The SMILES string of the molecule is Cc1ccc(OCCn2c(=N)n(Cc3ccc(Br)cc3)c3ccccc32)cc1.[Br-]. The summed E-state index contributed by atoms with van der Waals surface area (Å²) in [7, 11) is 0. The molecule has 0 fully saturated rings. The molecule has 0 saturated carbocycles. The van der Waals surface area contributed by atoms with Gasteiger partial charge in [0, 0.05) is 4.47 Å². The molecule has 4 rings (SSSR count). The Morgan fingerprint density at radius 2 is 1.48 bits per heavy atom. The van der Waals surface area contributed by atoms with Crippen LogP contribution in [0.1, 0.15) is 11.1 Å². The largest absolute Gasteiger partial charge is 1.00 e. The molecule has 1 N–H and O–H groups in total. The molecule has 0 atom stereocenters. The van der Waals surface area contributed by atoms with Crippen LogP contribution >= 0.6 is 15.9 Å². The van der Waals surface area contributed by atoms with Crippen LogP contribution in [-0.2, 0) is 13.1 Å². The van der Waals surface area contributed by atoms with Crippen LogP contribution in [0.2, 0.25) is 0 Å². The number of fused-ring (bicyclic) bond motifs is 1. The Kier molecular flexibility index (Phi) is 6.98. The predicted octanol–water partition coefficient (Wildman–Crippen LogP) is 2.12. The number of hydrogen-bond donors (Lipinski definition) is 1. The van der Waals surface area contributed by atoms with E-state index in [1.807, 2.05) is 57.7 Å². The van der Waals surface area contributed by atoms with Crippen LogP contribution in [0.3, 0.4) is 0 Å². The van der Waals surface area contributed by atoms with E-state index in [9.17, 15) is 0 Å². The third-order valence-electron chi connectivity index (χ3n) is 4.83. The molecule has 3 aromatic carbocycles. The minimum Gasteiger partial charge on any atom is -1.00 e. The number of ether oxygens (including phenoxy) is 1. The quantitative estimate of drug-likeness (QED) is 0.420. The lowest BCUT2D eigenvalue weighted by atomic mass is 10.2. The summed E-state index contributed by atoms with van der Waals surface area (Å²) in [6.07, 6.45) is 0. The molecule has 0 amide bonds. The Hall–Kier alpha value is -2.31. The van der Waals surface area contributed by atoms with Crippen molar-refractivity contribution >= 4 is 27.0 Å². The topological polar surface area (TPSA) is 42.9 Å². The fraction of sp³-hybridized carbons (Fsp3) is 0.174. The fourth-order valence-corrected chi connectivity index (χ4v) is 3.61. The molecule has 6 heteroatoms. The Morgan fingerprint density at radius 1 is 0.862 bits per heavy atom. The zero-order valence-electron chi connectivity index (χ0n) is 16.1. The van der Waals surface area contributed by atoms with Crippen LogP contribution < -0.4 is 27.3 Å². The summed E-state index contributed by atoms with van der Waals surface area (Å²) < 4.78 is 11.0. The number of imidazole rings is 1. The maximum Gasteiger partial charge on any atom is 0.203 e. The number of para-hydroxylation sites is 2. The molecule has 1 aromatic heterocycles. The predicted molar refractivity (Wildman–Crippen MR) is 116 cm³/mol. The fourth-order valence-electron chi connectivity index (χ4n) is 3.34. The molecule has 0 aliphatic heterocycles. The molecule has 0 spiro atoms. The third-order valence-corrected chi connectivity index (χ3v) is 5.36. The molecule has 0 saturated heterocycles. The molecule has 0 radical (unpaired) electrons. The van der Waals surface area contributed by atoms with E-state index in [1.165, 1.54) is 11.1 Å².